The van der Waals surface area contributed by atoms with E-state index in [1.807, 2.05) is 0 Å². The number of anilines is 2. The Morgan fingerprint density at radius 1 is 1.39 bits per heavy atom. The lowest BCUT2D eigenvalue weighted by Crippen LogP contribution is -2.25. The number of nitrogens with zero attached hydrogens (tertiary/aromatic N) is 3. The van der Waals surface area contributed by atoms with Crippen molar-refractivity contribution in [2.24, 2.45) is 0 Å². The summed E-state index contributed by atoms with van der Waals surface area (Å²) in [5.74, 6) is 1.36. The van der Waals surface area contributed by atoms with E-state index in [9.17, 15) is 0 Å². The predicted molar refractivity (Wildman–Crippen MR) is 73.3 cm³/mol. The van der Waals surface area contributed by atoms with Gasteiger partial charge in [0.25, 0.3) is 0 Å². The highest BCUT2D eigenvalue weighted by molar-refractivity contribution is 6.17. The average molecular weight is 260 g/mol. The van der Waals surface area contributed by atoms with Crippen LogP contribution < -0.4 is 4.90 Å². The summed E-state index contributed by atoms with van der Waals surface area (Å²) in [4.78, 5) is 10.7. The quantitative estimate of drug-likeness (QED) is 0.775. The van der Waals surface area contributed by atoms with E-state index in [0.717, 1.165) is 17.8 Å². The largest absolute Gasteiger partial charge is 0.323 e. The Morgan fingerprint density at radius 3 is 3.06 bits per heavy atom. The van der Waals surface area contributed by atoms with Crippen molar-refractivity contribution in [3.63, 3.8) is 0 Å². The molecule has 3 nitrogen and oxygen atoms in total. The van der Waals surface area contributed by atoms with E-state index in [1.165, 1.54) is 11.3 Å². The summed E-state index contributed by atoms with van der Waals surface area (Å²) in [5.41, 5.74) is 3.57. The highest BCUT2D eigenvalue weighted by atomic mass is 35.5. The standard InChI is InChI=1S/C14H14ClN3/c1-10-6-11-4-2-3-5-13(11)18(10)14-12(7-15)8-16-9-17-14/h2-5,8-10H,6-7H2,1H3. The third-order valence-corrected chi connectivity index (χ3v) is 3.63. The van der Waals surface area contributed by atoms with Gasteiger partial charge in [-0.3, -0.25) is 0 Å². The van der Waals surface area contributed by atoms with Crippen molar-refractivity contribution in [3.05, 3.63) is 47.9 Å². The maximum absolute atomic E-state index is 5.98. The van der Waals surface area contributed by atoms with E-state index in [1.54, 1.807) is 12.5 Å². The number of para-hydroxylation sites is 1. The minimum Gasteiger partial charge on any atom is -0.323 e. The number of benzene rings is 1. The van der Waals surface area contributed by atoms with Gasteiger partial charge < -0.3 is 4.90 Å². The molecule has 0 bridgehead atoms. The normalized spacial score (nSPS) is 17.9. The third kappa shape index (κ3) is 1.75. The maximum Gasteiger partial charge on any atom is 0.141 e. The highest BCUT2D eigenvalue weighted by Gasteiger charge is 2.28. The van der Waals surface area contributed by atoms with Gasteiger partial charge >= 0.3 is 0 Å². The molecular weight excluding hydrogens is 246 g/mol. The Bertz CT molecular complexity index is 570. The zero-order valence-corrected chi connectivity index (χ0v) is 10.9. The molecule has 0 spiro atoms. The predicted octanol–water partition coefficient (Wildman–Crippen LogP) is 3.30. The molecule has 0 saturated heterocycles. The van der Waals surface area contributed by atoms with E-state index in [2.05, 4.69) is 46.1 Å². The summed E-state index contributed by atoms with van der Waals surface area (Å²) in [6.45, 7) is 2.21. The van der Waals surface area contributed by atoms with Crippen molar-refractivity contribution >= 4 is 23.1 Å². The second kappa shape index (κ2) is 4.58. The van der Waals surface area contributed by atoms with Crippen LogP contribution in [0.3, 0.4) is 0 Å². The molecule has 0 fully saturated rings. The molecule has 1 unspecified atom stereocenters. The van der Waals surface area contributed by atoms with Crippen molar-refractivity contribution in [3.8, 4) is 0 Å². The van der Waals surface area contributed by atoms with Crippen LogP contribution in [0, 0.1) is 0 Å². The number of halogens is 1. The third-order valence-electron chi connectivity index (χ3n) is 3.34. The molecule has 3 rings (SSSR count). The first kappa shape index (κ1) is 11.5. The van der Waals surface area contributed by atoms with Crippen LogP contribution in [0.2, 0.25) is 0 Å². The van der Waals surface area contributed by atoms with Crippen LogP contribution in [0.15, 0.2) is 36.8 Å². The van der Waals surface area contributed by atoms with Gasteiger partial charge in [-0.25, -0.2) is 9.97 Å². The van der Waals surface area contributed by atoms with E-state index in [0.29, 0.717) is 11.9 Å². The lowest BCUT2D eigenvalue weighted by atomic mass is 10.1. The molecule has 0 radical (unpaired) electrons. The lowest BCUT2D eigenvalue weighted by molar-refractivity contribution is 0.746. The second-order valence-corrected chi connectivity index (χ2v) is 4.82. The second-order valence-electron chi connectivity index (χ2n) is 4.56. The monoisotopic (exact) mass is 259 g/mol. The Labute approximate surface area is 111 Å². The molecule has 0 amide bonds. The molecule has 18 heavy (non-hydrogen) atoms. The van der Waals surface area contributed by atoms with Crippen molar-refractivity contribution in [2.75, 3.05) is 4.90 Å². The van der Waals surface area contributed by atoms with Crippen LogP contribution in [0.4, 0.5) is 11.5 Å². The first-order chi connectivity index (χ1) is 8.81. The van der Waals surface area contributed by atoms with Crippen molar-refractivity contribution in [1.29, 1.82) is 0 Å². The molecule has 1 aliphatic heterocycles. The van der Waals surface area contributed by atoms with Crippen molar-refractivity contribution in [2.45, 2.75) is 25.3 Å². The van der Waals surface area contributed by atoms with Gasteiger partial charge in [0.15, 0.2) is 0 Å². The first-order valence-electron chi connectivity index (χ1n) is 6.03. The fourth-order valence-electron chi connectivity index (χ4n) is 2.55. The summed E-state index contributed by atoms with van der Waals surface area (Å²) in [6.07, 6.45) is 4.42. The number of aromatic nitrogens is 2. The number of alkyl halides is 1. The Balaban J connectivity index is 2.12. The molecule has 0 saturated carbocycles. The van der Waals surface area contributed by atoms with Gasteiger partial charge in [-0.15, -0.1) is 11.6 Å². The molecule has 2 aromatic rings. The van der Waals surface area contributed by atoms with Crippen LogP contribution in [-0.4, -0.2) is 16.0 Å². The van der Waals surface area contributed by atoms with Gasteiger partial charge in [-0.05, 0) is 25.0 Å². The molecule has 2 heterocycles. The fourth-order valence-corrected chi connectivity index (χ4v) is 2.74. The van der Waals surface area contributed by atoms with Gasteiger partial charge in [-0.2, -0.15) is 0 Å². The van der Waals surface area contributed by atoms with Crippen LogP contribution >= 0.6 is 11.6 Å². The maximum atomic E-state index is 5.98. The van der Waals surface area contributed by atoms with Gasteiger partial charge in [0.1, 0.15) is 12.1 Å². The van der Waals surface area contributed by atoms with Crippen LogP contribution in [0.25, 0.3) is 0 Å². The molecule has 1 atom stereocenters. The Hall–Kier alpha value is -1.61. The Morgan fingerprint density at radius 2 is 2.22 bits per heavy atom. The molecule has 0 aliphatic carbocycles. The number of hydrogen-bond donors (Lipinski definition) is 0. The summed E-state index contributed by atoms with van der Waals surface area (Å²) >= 11 is 5.98. The Kier molecular flexibility index (Phi) is 2.92. The molecule has 92 valence electrons. The zero-order chi connectivity index (χ0) is 12.5. The molecule has 1 aliphatic rings. The lowest BCUT2D eigenvalue weighted by Gasteiger charge is -2.25. The van der Waals surface area contributed by atoms with Crippen molar-refractivity contribution in [1.82, 2.24) is 9.97 Å². The fraction of sp³-hybridized carbons (Fsp3) is 0.286. The van der Waals surface area contributed by atoms with Gasteiger partial charge in [0.2, 0.25) is 0 Å². The van der Waals surface area contributed by atoms with Crippen molar-refractivity contribution < 1.29 is 0 Å². The first-order valence-corrected chi connectivity index (χ1v) is 6.56. The van der Waals surface area contributed by atoms with Gasteiger partial charge in [0, 0.05) is 23.5 Å². The molecule has 1 aromatic carbocycles. The molecular formula is C14H14ClN3. The van der Waals surface area contributed by atoms with Gasteiger partial charge in [-0.1, -0.05) is 18.2 Å². The van der Waals surface area contributed by atoms with Crippen LogP contribution in [0.1, 0.15) is 18.1 Å². The smallest absolute Gasteiger partial charge is 0.141 e. The summed E-state index contributed by atoms with van der Waals surface area (Å²) < 4.78 is 0. The van der Waals surface area contributed by atoms with Crippen LogP contribution in [0.5, 0.6) is 0 Å². The van der Waals surface area contributed by atoms with E-state index >= 15 is 0 Å². The molecule has 1 aromatic heterocycles. The SMILES string of the molecule is CC1Cc2ccccc2N1c1ncncc1CCl. The van der Waals surface area contributed by atoms with E-state index < -0.39 is 0 Å². The number of fused-ring (bicyclic) bond motifs is 1. The van der Waals surface area contributed by atoms with Crippen LogP contribution in [-0.2, 0) is 12.3 Å². The summed E-state index contributed by atoms with van der Waals surface area (Å²) in [7, 11) is 0. The minimum absolute atomic E-state index is 0.402. The highest BCUT2D eigenvalue weighted by Crippen LogP contribution is 2.38. The van der Waals surface area contributed by atoms with Gasteiger partial charge in [0.05, 0.1) is 5.88 Å². The summed E-state index contributed by atoms with van der Waals surface area (Å²) in [5, 5.41) is 0. The molecule has 0 N–H and O–H groups in total. The molecule has 4 heteroatoms. The van der Waals surface area contributed by atoms with E-state index in [4.69, 9.17) is 11.6 Å². The topological polar surface area (TPSA) is 29.0 Å². The minimum atomic E-state index is 0.402. The average Bonchev–Trinajstić information content (AvgIpc) is 2.74. The zero-order valence-electron chi connectivity index (χ0n) is 10.2. The number of hydrogen-bond acceptors (Lipinski definition) is 3. The van der Waals surface area contributed by atoms with E-state index in [-0.39, 0.29) is 0 Å². The number of rotatable bonds is 2. The summed E-state index contributed by atoms with van der Waals surface area (Å²) in [6, 6.07) is 8.86.